The third kappa shape index (κ3) is 5.70. The molecule has 0 fully saturated rings. The Morgan fingerprint density at radius 3 is 2.70 bits per heavy atom. The van der Waals surface area contributed by atoms with Gasteiger partial charge < -0.3 is 15.0 Å². The molecule has 0 heterocycles. The van der Waals surface area contributed by atoms with Crippen LogP contribution in [0.5, 0.6) is 0 Å². The molecule has 1 rings (SSSR count). The topological polar surface area (TPSA) is 24.5 Å². The Morgan fingerprint density at radius 1 is 1.25 bits per heavy atom. The fourth-order valence-electron chi connectivity index (χ4n) is 2.17. The fourth-order valence-corrected chi connectivity index (χ4v) is 2.37. The lowest BCUT2D eigenvalue weighted by atomic mass is 10.1. The van der Waals surface area contributed by atoms with Gasteiger partial charge in [0.15, 0.2) is 0 Å². The molecule has 0 atom stereocenters. The maximum absolute atomic E-state index is 6.13. The van der Waals surface area contributed by atoms with Crippen molar-refractivity contribution in [1.82, 2.24) is 5.32 Å². The minimum Gasteiger partial charge on any atom is -0.380 e. The van der Waals surface area contributed by atoms with E-state index in [1.54, 1.807) is 0 Å². The van der Waals surface area contributed by atoms with Crippen LogP contribution in [0, 0.1) is 0 Å². The smallest absolute Gasteiger partial charge is 0.0641 e. The molecule has 0 aliphatic carbocycles. The molecule has 0 amide bonds. The Labute approximate surface area is 128 Å². The summed E-state index contributed by atoms with van der Waals surface area (Å²) in [5.74, 6) is 0. The van der Waals surface area contributed by atoms with Gasteiger partial charge in [0.05, 0.1) is 6.61 Å². The van der Waals surface area contributed by atoms with E-state index in [9.17, 15) is 0 Å². The molecule has 0 bridgehead atoms. The third-order valence-corrected chi connectivity index (χ3v) is 3.45. The van der Waals surface area contributed by atoms with Crippen molar-refractivity contribution in [3.8, 4) is 0 Å². The summed E-state index contributed by atoms with van der Waals surface area (Å²) in [5.41, 5.74) is 2.50. The Balaban J connectivity index is 2.78. The Kier molecular flexibility index (Phi) is 8.67. The molecule has 0 radical (unpaired) electrons. The van der Waals surface area contributed by atoms with Crippen molar-refractivity contribution in [1.29, 1.82) is 0 Å². The number of nitrogens with one attached hydrogen (secondary N) is 1. The molecule has 0 aliphatic rings. The van der Waals surface area contributed by atoms with E-state index in [-0.39, 0.29) is 0 Å². The lowest BCUT2D eigenvalue weighted by Crippen LogP contribution is -2.29. The van der Waals surface area contributed by atoms with E-state index >= 15 is 0 Å². The molecule has 20 heavy (non-hydrogen) atoms. The Hall–Kier alpha value is -0.770. The van der Waals surface area contributed by atoms with Crippen LogP contribution < -0.4 is 10.2 Å². The minimum atomic E-state index is 0.759. The van der Waals surface area contributed by atoms with Gasteiger partial charge in [-0.2, -0.15) is 0 Å². The normalized spacial score (nSPS) is 10.8. The summed E-state index contributed by atoms with van der Waals surface area (Å²) in [6.07, 6.45) is 1.14. The van der Waals surface area contributed by atoms with Crippen LogP contribution in [0.2, 0.25) is 5.02 Å². The predicted molar refractivity (Wildman–Crippen MR) is 87.8 cm³/mol. The van der Waals surface area contributed by atoms with Crippen molar-refractivity contribution < 1.29 is 4.74 Å². The van der Waals surface area contributed by atoms with Gasteiger partial charge in [-0.05, 0) is 50.6 Å². The second-order valence-electron chi connectivity index (χ2n) is 4.73. The van der Waals surface area contributed by atoms with Crippen LogP contribution >= 0.6 is 11.6 Å². The Morgan fingerprint density at radius 2 is 2.05 bits per heavy atom. The van der Waals surface area contributed by atoms with Crippen LogP contribution in [-0.4, -0.2) is 32.8 Å². The number of likely N-dealkylation sites (N-methyl/N-ethyl adjacent to an activating group) is 1. The largest absolute Gasteiger partial charge is 0.380 e. The molecule has 0 aliphatic heterocycles. The highest BCUT2D eigenvalue weighted by Gasteiger charge is 2.10. The van der Waals surface area contributed by atoms with E-state index in [0.717, 1.165) is 50.8 Å². The number of hydrogen-bond donors (Lipinski definition) is 1. The van der Waals surface area contributed by atoms with Crippen molar-refractivity contribution in [3.05, 3.63) is 28.8 Å². The zero-order valence-corrected chi connectivity index (χ0v) is 13.7. The molecule has 1 N–H and O–H groups in total. The standard InChI is InChI=1S/C16H27ClN2O/c1-4-9-18-13-14-12-15(17)7-8-16(14)19(5-2)10-11-20-6-3/h7-8,12,18H,4-6,9-11,13H2,1-3H3. The molecule has 0 aromatic heterocycles. The maximum Gasteiger partial charge on any atom is 0.0641 e. The van der Waals surface area contributed by atoms with Crippen LogP contribution in [0.15, 0.2) is 18.2 Å². The van der Waals surface area contributed by atoms with Gasteiger partial charge in [-0.15, -0.1) is 0 Å². The number of anilines is 1. The van der Waals surface area contributed by atoms with Crippen molar-refractivity contribution in [2.24, 2.45) is 0 Å². The van der Waals surface area contributed by atoms with Crippen molar-refractivity contribution >= 4 is 17.3 Å². The molecule has 1 aromatic rings. The van der Waals surface area contributed by atoms with E-state index in [4.69, 9.17) is 16.3 Å². The maximum atomic E-state index is 6.13. The molecule has 0 unspecified atom stereocenters. The number of hydrogen-bond acceptors (Lipinski definition) is 3. The number of ether oxygens (including phenoxy) is 1. The Bertz CT molecular complexity index is 385. The zero-order valence-electron chi connectivity index (χ0n) is 12.9. The summed E-state index contributed by atoms with van der Waals surface area (Å²) >= 11 is 6.13. The van der Waals surface area contributed by atoms with E-state index in [1.807, 2.05) is 13.0 Å². The number of halogens is 1. The molecule has 0 saturated heterocycles. The summed E-state index contributed by atoms with van der Waals surface area (Å²) in [5, 5.41) is 4.24. The molecule has 1 aromatic carbocycles. The molecular formula is C16H27ClN2O. The predicted octanol–water partition coefficient (Wildman–Crippen LogP) is 3.70. The van der Waals surface area contributed by atoms with E-state index in [0.29, 0.717) is 0 Å². The van der Waals surface area contributed by atoms with Crippen LogP contribution in [0.25, 0.3) is 0 Å². The zero-order chi connectivity index (χ0) is 14.8. The number of nitrogens with zero attached hydrogens (tertiary/aromatic N) is 1. The van der Waals surface area contributed by atoms with Crippen LogP contribution in [0.1, 0.15) is 32.8 Å². The quantitative estimate of drug-likeness (QED) is 0.667. The van der Waals surface area contributed by atoms with Gasteiger partial charge in [0.2, 0.25) is 0 Å². The minimum absolute atomic E-state index is 0.759. The molecule has 114 valence electrons. The fraction of sp³-hybridized carbons (Fsp3) is 0.625. The van der Waals surface area contributed by atoms with E-state index in [1.165, 1.54) is 11.3 Å². The van der Waals surface area contributed by atoms with Gasteiger partial charge in [-0.3, -0.25) is 0 Å². The highest BCUT2D eigenvalue weighted by molar-refractivity contribution is 6.30. The van der Waals surface area contributed by atoms with Gasteiger partial charge >= 0.3 is 0 Å². The van der Waals surface area contributed by atoms with Crippen LogP contribution in [-0.2, 0) is 11.3 Å². The molecule has 3 nitrogen and oxygen atoms in total. The van der Waals surface area contributed by atoms with Crippen LogP contribution in [0.3, 0.4) is 0 Å². The second-order valence-corrected chi connectivity index (χ2v) is 5.16. The van der Waals surface area contributed by atoms with E-state index in [2.05, 4.69) is 36.2 Å². The second kappa shape index (κ2) is 10.0. The number of rotatable bonds is 10. The average Bonchev–Trinajstić information content (AvgIpc) is 2.45. The summed E-state index contributed by atoms with van der Waals surface area (Å²) in [6, 6.07) is 6.13. The molecule has 4 heteroatoms. The van der Waals surface area contributed by atoms with Gasteiger partial charge in [0.25, 0.3) is 0 Å². The van der Waals surface area contributed by atoms with Gasteiger partial charge in [0, 0.05) is 37.0 Å². The first kappa shape index (κ1) is 17.3. The summed E-state index contributed by atoms with van der Waals surface area (Å²) in [7, 11) is 0. The highest BCUT2D eigenvalue weighted by atomic mass is 35.5. The third-order valence-electron chi connectivity index (χ3n) is 3.22. The summed E-state index contributed by atoms with van der Waals surface area (Å²) < 4.78 is 5.47. The lowest BCUT2D eigenvalue weighted by molar-refractivity contribution is 0.154. The SMILES string of the molecule is CCCNCc1cc(Cl)ccc1N(CC)CCOCC. The van der Waals surface area contributed by atoms with Crippen molar-refractivity contribution in [2.45, 2.75) is 33.7 Å². The van der Waals surface area contributed by atoms with Gasteiger partial charge in [-0.1, -0.05) is 18.5 Å². The van der Waals surface area contributed by atoms with Crippen molar-refractivity contribution in [3.63, 3.8) is 0 Å². The van der Waals surface area contributed by atoms with Crippen LogP contribution in [0.4, 0.5) is 5.69 Å². The highest BCUT2D eigenvalue weighted by Crippen LogP contribution is 2.24. The first-order valence-electron chi connectivity index (χ1n) is 7.54. The first-order chi connectivity index (χ1) is 9.72. The van der Waals surface area contributed by atoms with Crippen molar-refractivity contribution in [2.75, 3.05) is 37.7 Å². The van der Waals surface area contributed by atoms with E-state index < -0.39 is 0 Å². The molecule has 0 saturated carbocycles. The summed E-state index contributed by atoms with van der Waals surface area (Å²) in [4.78, 5) is 2.34. The molecule has 0 spiro atoms. The molecular weight excluding hydrogens is 272 g/mol. The lowest BCUT2D eigenvalue weighted by Gasteiger charge is -2.26. The summed E-state index contributed by atoms with van der Waals surface area (Å²) in [6.45, 7) is 11.7. The van der Waals surface area contributed by atoms with Gasteiger partial charge in [-0.25, -0.2) is 0 Å². The van der Waals surface area contributed by atoms with Gasteiger partial charge in [0.1, 0.15) is 0 Å². The first-order valence-corrected chi connectivity index (χ1v) is 7.92. The monoisotopic (exact) mass is 298 g/mol. The average molecular weight is 299 g/mol. The number of benzene rings is 1.